The Kier molecular flexibility index (Phi) is 7.58. The van der Waals surface area contributed by atoms with E-state index in [1.165, 1.54) is 45.2 Å². The van der Waals surface area contributed by atoms with Crippen LogP contribution in [0.4, 0.5) is 0 Å². The molecule has 2 atom stereocenters. The second kappa shape index (κ2) is 10.8. The molecule has 1 unspecified atom stereocenters. The van der Waals surface area contributed by atoms with Gasteiger partial charge in [0.05, 0.1) is 32.8 Å². The maximum atomic E-state index is 12.0. The number of hydrogen-bond donors (Lipinski definition) is 1. The summed E-state index contributed by atoms with van der Waals surface area (Å²) in [6.07, 6.45) is 9.76. The van der Waals surface area contributed by atoms with Crippen molar-refractivity contribution in [3.05, 3.63) is 66.2 Å². The van der Waals surface area contributed by atoms with Crippen LogP contribution in [0.15, 0.2) is 60.7 Å². The van der Waals surface area contributed by atoms with E-state index >= 15 is 0 Å². The summed E-state index contributed by atoms with van der Waals surface area (Å²) in [7, 11) is 0. The highest BCUT2D eigenvalue weighted by molar-refractivity contribution is 5.24. The molecule has 6 rings (SSSR count). The average Bonchev–Trinajstić information content (AvgIpc) is 2.92. The Morgan fingerprint density at radius 1 is 0.853 bits per heavy atom. The van der Waals surface area contributed by atoms with Gasteiger partial charge >= 0.3 is 0 Å². The summed E-state index contributed by atoms with van der Waals surface area (Å²) in [4.78, 5) is 0. The number of rotatable bonds is 10. The van der Waals surface area contributed by atoms with E-state index in [4.69, 9.17) is 9.47 Å². The van der Waals surface area contributed by atoms with E-state index < -0.39 is 5.60 Å². The van der Waals surface area contributed by atoms with Crippen LogP contribution in [-0.2, 0) is 10.3 Å². The maximum Gasteiger partial charge on any atom is 0.119 e. The molecular weight excluding hydrogens is 422 g/mol. The number of para-hydroxylation sites is 1. The quantitative estimate of drug-likeness (QED) is 0.370. The molecule has 4 aliphatic rings. The molecule has 184 valence electrons. The molecule has 0 radical (unpaired) electrons. The van der Waals surface area contributed by atoms with Crippen molar-refractivity contribution >= 4 is 0 Å². The molecule has 3 saturated heterocycles. The minimum absolute atomic E-state index is 0.261. The van der Waals surface area contributed by atoms with E-state index in [0.29, 0.717) is 18.4 Å². The van der Waals surface area contributed by atoms with E-state index in [1.54, 1.807) is 0 Å². The summed E-state index contributed by atoms with van der Waals surface area (Å²) in [6, 6.07) is 20.5. The third-order valence-electron chi connectivity index (χ3n) is 8.90. The first kappa shape index (κ1) is 23.8. The molecule has 1 N–H and O–H groups in total. The molecule has 4 heteroatoms. The lowest BCUT2D eigenvalue weighted by atomic mass is 9.73. The minimum Gasteiger partial charge on any atom is -0.493 e. The predicted molar refractivity (Wildman–Crippen MR) is 136 cm³/mol. The molecule has 2 aromatic carbocycles. The largest absolute Gasteiger partial charge is 0.493 e. The van der Waals surface area contributed by atoms with Gasteiger partial charge in [0.1, 0.15) is 24.0 Å². The topological polar surface area (TPSA) is 38.7 Å². The van der Waals surface area contributed by atoms with Gasteiger partial charge in [-0.25, -0.2) is 0 Å². The van der Waals surface area contributed by atoms with Gasteiger partial charge in [-0.15, -0.1) is 0 Å². The van der Waals surface area contributed by atoms with Crippen LogP contribution in [-0.4, -0.2) is 55.1 Å². The monoisotopic (exact) mass is 464 g/mol. The molecule has 4 nitrogen and oxygen atoms in total. The third-order valence-corrected chi connectivity index (χ3v) is 8.90. The molecule has 0 amide bonds. The van der Waals surface area contributed by atoms with Gasteiger partial charge in [-0.2, -0.15) is 0 Å². The fourth-order valence-corrected chi connectivity index (χ4v) is 6.81. The number of benzene rings is 2. The van der Waals surface area contributed by atoms with Crippen molar-refractivity contribution in [2.24, 2.45) is 11.8 Å². The van der Waals surface area contributed by atoms with Gasteiger partial charge in [0.2, 0.25) is 0 Å². The standard InChI is InChI=1S/C30H42NO3/c32-30(26-11-4-1-5-12-26,27-13-6-2-7-14-27)24-34-29-23-31(20-17-25(29)18-21-31)19-10-22-33-28-15-8-3-9-16-28/h1,3-5,8-9,11-12,15-16,25,27,29,32H,2,6-7,10,13-14,17-24H2/q+1/t25?,29?,30-,31?/m0/s1. The van der Waals surface area contributed by atoms with Gasteiger partial charge in [-0.1, -0.05) is 67.8 Å². The van der Waals surface area contributed by atoms with Crippen molar-refractivity contribution in [1.29, 1.82) is 0 Å². The van der Waals surface area contributed by atoms with Crippen LogP contribution in [0.3, 0.4) is 0 Å². The number of ether oxygens (including phenoxy) is 2. The van der Waals surface area contributed by atoms with Crippen molar-refractivity contribution in [1.82, 2.24) is 0 Å². The first-order valence-electron chi connectivity index (χ1n) is 13.6. The molecular formula is C30H42NO3+. The summed E-state index contributed by atoms with van der Waals surface area (Å²) < 4.78 is 13.8. The highest BCUT2D eigenvalue weighted by atomic mass is 16.5. The van der Waals surface area contributed by atoms with E-state index in [2.05, 4.69) is 24.3 Å². The molecule has 2 aromatic rings. The summed E-state index contributed by atoms with van der Waals surface area (Å²) >= 11 is 0. The predicted octanol–water partition coefficient (Wildman–Crippen LogP) is 5.55. The lowest BCUT2D eigenvalue weighted by Gasteiger charge is -2.53. The molecule has 1 saturated carbocycles. The molecule has 2 bridgehead atoms. The minimum atomic E-state index is -0.873. The van der Waals surface area contributed by atoms with Crippen molar-refractivity contribution in [3.8, 4) is 5.75 Å². The van der Waals surface area contributed by atoms with Gasteiger partial charge < -0.3 is 19.1 Å². The normalized spacial score (nSPS) is 29.0. The highest BCUT2D eigenvalue weighted by Crippen LogP contribution is 2.42. The lowest BCUT2D eigenvalue weighted by molar-refractivity contribution is -0.946. The van der Waals surface area contributed by atoms with Crippen molar-refractivity contribution in [3.63, 3.8) is 0 Å². The summed E-state index contributed by atoms with van der Waals surface area (Å²) in [5.74, 6) is 1.90. The first-order valence-corrected chi connectivity index (χ1v) is 13.6. The second-order valence-corrected chi connectivity index (χ2v) is 11.0. The fraction of sp³-hybridized carbons (Fsp3) is 0.600. The first-order chi connectivity index (χ1) is 16.7. The van der Waals surface area contributed by atoms with Crippen LogP contribution in [0.25, 0.3) is 0 Å². The van der Waals surface area contributed by atoms with Crippen LogP contribution in [0.1, 0.15) is 56.9 Å². The van der Waals surface area contributed by atoms with E-state index in [9.17, 15) is 5.11 Å². The van der Waals surface area contributed by atoms with Crippen LogP contribution in [0.5, 0.6) is 5.75 Å². The number of aliphatic hydroxyl groups is 1. The SMILES string of the molecule is O[C@@](COC1C[N+]2(CCCOc3ccccc3)CCC1CC2)(c1ccccc1)C1CCCCC1. The smallest absolute Gasteiger partial charge is 0.119 e. The Morgan fingerprint density at radius 2 is 1.53 bits per heavy atom. The number of nitrogens with zero attached hydrogens (tertiary/aromatic N) is 1. The molecule has 1 aliphatic carbocycles. The Hall–Kier alpha value is -1.88. The van der Waals surface area contributed by atoms with Gasteiger partial charge in [-0.3, -0.25) is 0 Å². The van der Waals surface area contributed by atoms with Crippen molar-refractivity contribution in [2.45, 2.75) is 63.1 Å². The number of piperidine rings is 3. The molecule has 3 aliphatic heterocycles. The second-order valence-electron chi connectivity index (χ2n) is 11.0. The molecule has 0 aromatic heterocycles. The van der Waals surface area contributed by atoms with E-state index in [-0.39, 0.29) is 6.10 Å². The average molecular weight is 465 g/mol. The Bertz CT molecular complexity index is 874. The van der Waals surface area contributed by atoms with Gasteiger partial charge in [0, 0.05) is 25.2 Å². The van der Waals surface area contributed by atoms with Crippen LogP contribution in [0, 0.1) is 11.8 Å². The zero-order chi connectivity index (χ0) is 23.3. The Labute approximate surface area is 205 Å². The summed E-state index contributed by atoms with van der Waals surface area (Å²) in [5.41, 5.74) is 0.160. The van der Waals surface area contributed by atoms with Crippen LogP contribution < -0.4 is 4.74 Å². The van der Waals surface area contributed by atoms with Gasteiger partial charge in [-0.05, 0) is 36.5 Å². The number of hydrogen-bond acceptors (Lipinski definition) is 3. The third kappa shape index (κ3) is 5.35. The summed E-state index contributed by atoms with van der Waals surface area (Å²) in [5, 5.41) is 12.0. The molecule has 4 fully saturated rings. The highest BCUT2D eigenvalue weighted by Gasteiger charge is 2.48. The molecule has 0 spiro atoms. The van der Waals surface area contributed by atoms with E-state index in [1.807, 2.05) is 36.4 Å². The van der Waals surface area contributed by atoms with Gasteiger partial charge in [0.15, 0.2) is 0 Å². The van der Waals surface area contributed by atoms with Crippen LogP contribution in [0.2, 0.25) is 0 Å². The van der Waals surface area contributed by atoms with Gasteiger partial charge in [0.25, 0.3) is 0 Å². The molecule has 3 heterocycles. The Morgan fingerprint density at radius 3 is 2.24 bits per heavy atom. The van der Waals surface area contributed by atoms with Crippen molar-refractivity contribution < 1.29 is 19.1 Å². The number of fused-ring (bicyclic) bond motifs is 3. The van der Waals surface area contributed by atoms with Crippen molar-refractivity contribution in [2.75, 3.05) is 39.4 Å². The fourth-order valence-electron chi connectivity index (χ4n) is 6.81. The Balaban J connectivity index is 1.19. The summed E-state index contributed by atoms with van der Waals surface area (Å²) in [6.45, 7) is 5.98. The maximum absolute atomic E-state index is 12.0. The lowest BCUT2D eigenvalue weighted by Crippen LogP contribution is -2.65. The molecule has 34 heavy (non-hydrogen) atoms. The van der Waals surface area contributed by atoms with Crippen LogP contribution >= 0.6 is 0 Å². The number of quaternary nitrogens is 1. The zero-order valence-electron chi connectivity index (χ0n) is 20.6. The van der Waals surface area contributed by atoms with E-state index in [0.717, 1.165) is 54.8 Å². The zero-order valence-corrected chi connectivity index (χ0v) is 20.6.